The van der Waals surface area contributed by atoms with E-state index in [2.05, 4.69) is 17.0 Å². The van der Waals surface area contributed by atoms with E-state index in [-0.39, 0.29) is 12.0 Å². The van der Waals surface area contributed by atoms with E-state index in [1.807, 2.05) is 75.4 Å². The van der Waals surface area contributed by atoms with Gasteiger partial charge in [-0.2, -0.15) is 12.7 Å². The normalized spacial score (nSPS) is 20.7. The first-order valence-electron chi connectivity index (χ1n) is 10.8. The molecule has 2 aromatic rings. The highest BCUT2D eigenvalue weighted by atomic mass is 35.5. The summed E-state index contributed by atoms with van der Waals surface area (Å²) in [6.07, 6.45) is 0. The second-order valence-corrected chi connectivity index (χ2v) is 10.3. The van der Waals surface area contributed by atoms with Gasteiger partial charge in [-0.15, -0.1) is 4.41 Å². The minimum atomic E-state index is -3.71. The summed E-state index contributed by atoms with van der Waals surface area (Å²) in [5.41, 5.74) is 2.08. The fourth-order valence-corrected chi connectivity index (χ4v) is 6.22. The third kappa shape index (κ3) is 5.30. The Labute approximate surface area is 192 Å². The predicted octanol–water partition coefficient (Wildman–Crippen LogP) is 3.85. The van der Waals surface area contributed by atoms with E-state index in [9.17, 15) is 8.42 Å². The van der Waals surface area contributed by atoms with Crippen LogP contribution >= 0.6 is 11.6 Å². The molecule has 0 aliphatic carbocycles. The van der Waals surface area contributed by atoms with Crippen LogP contribution < -0.4 is 0 Å². The Balaban J connectivity index is 2.14. The summed E-state index contributed by atoms with van der Waals surface area (Å²) in [4.78, 5) is 2.08. The molecule has 0 amide bonds. The Hall–Kier alpha value is -1.48. The zero-order valence-electron chi connectivity index (χ0n) is 18.8. The van der Waals surface area contributed by atoms with E-state index in [1.165, 1.54) is 4.31 Å². The lowest BCUT2D eigenvalue weighted by molar-refractivity contribution is 0.0741. The number of hydrogen-bond donors (Lipinski definition) is 0. The van der Waals surface area contributed by atoms with E-state index < -0.39 is 10.2 Å². The molecule has 0 aromatic heterocycles. The largest absolute Gasteiger partial charge is 0.308 e. The maximum absolute atomic E-state index is 13.8. The molecule has 170 valence electrons. The van der Waals surface area contributed by atoms with Gasteiger partial charge in [0.1, 0.15) is 0 Å². The van der Waals surface area contributed by atoms with Crippen LogP contribution in [0.1, 0.15) is 36.9 Å². The van der Waals surface area contributed by atoms with Gasteiger partial charge in [0.25, 0.3) is 10.2 Å². The van der Waals surface area contributed by atoms with Crippen molar-refractivity contribution in [2.45, 2.75) is 25.8 Å². The molecule has 0 bridgehead atoms. The van der Waals surface area contributed by atoms with E-state index in [1.54, 1.807) is 4.41 Å². The number of halogens is 1. The van der Waals surface area contributed by atoms with Crippen molar-refractivity contribution in [3.05, 3.63) is 70.7 Å². The Bertz CT molecular complexity index is 934. The molecule has 1 fully saturated rings. The summed E-state index contributed by atoms with van der Waals surface area (Å²) < 4.78 is 30.9. The first-order chi connectivity index (χ1) is 14.8. The van der Waals surface area contributed by atoms with Gasteiger partial charge in [-0.05, 0) is 37.4 Å². The quantitative estimate of drug-likeness (QED) is 0.565. The van der Waals surface area contributed by atoms with Crippen LogP contribution in [0.5, 0.6) is 0 Å². The number of likely N-dealkylation sites (N-methyl/N-ethyl adjacent to an activating group) is 1. The van der Waals surface area contributed by atoms with Crippen molar-refractivity contribution in [2.24, 2.45) is 0 Å². The van der Waals surface area contributed by atoms with Crippen molar-refractivity contribution in [2.75, 3.05) is 46.8 Å². The lowest BCUT2D eigenvalue weighted by Crippen LogP contribution is -2.51. The summed E-state index contributed by atoms with van der Waals surface area (Å²) in [7, 11) is 0.304. The molecular weight excluding hydrogens is 432 g/mol. The van der Waals surface area contributed by atoms with Crippen LogP contribution in [0.3, 0.4) is 0 Å². The first kappa shape index (κ1) is 24.2. The number of benzene rings is 2. The molecule has 1 aliphatic heterocycles. The van der Waals surface area contributed by atoms with Crippen molar-refractivity contribution in [1.29, 1.82) is 0 Å². The topological polar surface area (TPSA) is 47.1 Å². The van der Waals surface area contributed by atoms with Crippen molar-refractivity contribution in [1.82, 2.24) is 18.6 Å². The fourth-order valence-electron chi connectivity index (χ4n) is 4.21. The predicted molar refractivity (Wildman–Crippen MR) is 127 cm³/mol. The van der Waals surface area contributed by atoms with Crippen LogP contribution in [-0.2, 0) is 10.2 Å². The molecule has 6 nitrogen and oxygen atoms in total. The molecular formula is C23H33ClN4O2S. The van der Waals surface area contributed by atoms with Gasteiger partial charge in [-0.25, -0.2) is 5.01 Å². The SMILES string of the molecule is CCN(CC)S(=O)(=O)N1C(c2ccc(Cl)cc2)C(c2ccccc2)CN1CCN(C)C. The first-order valence-corrected chi connectivity index (χ1v) is 12.6. The maximum atomic E-state index is 13.8. The van der Waals surface area contributed by atoms with E-state index in [0.29, 0.717) is 31.2 Å². The second-order valence-electron chi connectivity index (χ2n) is 8.09. The second kappa shape index (κ2) is 10.4. The van der Waals surface area contributed by atoms with Gasteiger partial charge in [-0.3, -0.25) is 0 Å². The molecule has 31 heavy (non-hydrogen) atoms. The van der Waals surface area contributed by atoms with Gasteiger partial charge >= 0.3 is 0 Å². The molecule has 0 spiro atoms. The molecule has 3 rings (SSSR count). The van der Waals surface area contributed by atoms with Crippen LogP contribution in [0.4, 0.5) is 0 Å². The lowest BCUT2D eigenvalue weighted by atomic mass is 9.89. The van der Waals surface area contributed by atoms with Gasteiger partial charge in [0, 0.05) is 43.7 Å². The monoisotopic (exact) mass is 464 g/mol. The van der Waals surface area contributed by atoms with Crippen LogP contribution in [-0.4, -0.2) is 73.9 Å². The maximum Gasteiger partial charge on any atom is 0.295 e. The molecule has 1 saturated heterocycles. The Morgan fingerprint density at radius 3 is 2.13 bits per heavy atom. The van der Waals surface area contributed by atoms with Gasteiger partial charge in [-0.1, -0.05) is 67.9 Å². The standard InChI is InChI=1S/C23H33ClN4O2S/c1-5-27(6-2)31(29,30)28-23(20-12-14-21(24)15-13-20)22(19-10-8-7-9-11-19)18-26(28)17-16-25(3)4/h7-15,22-23H,5-6,16-18H2,1-4H3. The molecule has 1 heterocycles. The van der Waals surface area contributed by atoms with Crippen molar-refractivity contribution >= 4 is 21.8 Å². The lowest BCUT2D eigenvalue weighted by Gasteiger charge is -2.36. The summed E-state index contributed by atoms with van der Waals surface area (Å²) >= 11 is 6.15. The third-order valence-electron chi connectivity index (χ3n) is 5.82. The van der Waals surface area contributed by atoms with Gasteiger partial charge in [0.15, 0.2) is 0 Å². The van der Waals surface area contributed by atoms with Crippen LogP contribution in [0.2, 0.25) is 5.02 Å². The van der Waals surface area contributed by atoms with E-state index >= 15 is 0 Å². The summed E-state index contributed by atoms with van der Waals surface area (Å²) in [5.74, 6) is 0.00914. The number of hydrogen-bond acceptors (Lipinski definition) is 4. The fraction of sp³-hybridized carbons (Fsp3) is 0.478. The van der Waals surface area contributed by atoms with E-state index in [0.717, 1.165) is 17.7 Å². The summed E-state index contributed by atoms with van der Waals surface area (Å²) in [6.45, 7) is 6.65. The summed E-state index contributed by atoms with van der Waals surface area (Å²) in [5, 5.41) is 2.64. The average Bonchev–Trinajstić information content (AvgIpc) is 3.14. The van der Waals surface area contributed by atoms with Crippen molar-refractivity contribution < 1.29 is 8.42 Å². The third-order valence-corrected chi connectivity index (χ3v) is 8.17. The summed E-state index contributed by atoms with van der Waals surface area (Å²) in [6, 6.07) is 17.4. The van der Waals surface area contributed by atoms with E-state index in [4.69, 9.17) is 11.6 Å². The van der Waals surface area contributed by atoms with Crippen LogP contribution in [0.25, 0.3) is 0 Å². The van der Waals surface area contributed by atoms with Gasteiger partial charge in [0.05, 0.1) is 6.04 Å². The Kier molecular flexibility index (Phi) is 8.13. The van der Waals surface area contributed by atoms with Crippen LogP contribution in [0, 0.1) is 0 Å². The van der Waals surface area contributed by atoms with Crippen molar-refractivity contribution in [3.63, 3.8) is 0 Å². The zero-order valence-corrected chi connectivity index (χ0v) is 20.4. The molecule has 2 aromatic carbocycles. The molecule has 2 unspecified atom stereocenters. The molecule has 0 saturated carbocycles. The zero-order chi connectivity index (χ0) is 22.6. The number of hydrazine groups is 1. The smallest absolute Gasteiger partial charge is 0.295 e. The highest BCUT2D eigenvalue weighted by Crippen LogP contribution is 2.45. The molecule has 1 aliphatic rings. The molecule has 8 heteroatoms. The van der Waals surface area contributed by atoms with Crippen LogP contribution in [0.15, 0.2) is 54.6 Å². The molecule has 0 N–H and O–H groups in total. The number of nitrogens with zero attached hydrogens (tertiary/aromatic N) is 4. The highest BCUT2D eigenvalue weighted by Gasteiger charge is 2.49. The highest BCUT2D eigenvalue weighted by molar-refractivity contribution is 7.86. The molecule has 2 atom stereocenters. The number of rotatable bonds is 9. The van der Waals surface area contributed by atoms with Crippen molar-refractivity contribution in [3.8, 4) is 0 Å². The van der Waals surface area contributed by atoms with Gasteiger partial charge < -0.3 is 4.90 Å². The average molecular weight is 465 g/mol. The van der Waals surface area contributed by atoms with Gasteiger partial charge in [0.2, 0.25) is 0 Å². The minimum absolute atomic E-state index is 0.00914. The Morgan fingerprint density at radius 2 is 1.58 bits per heavy atom. The Morgan fingerprint density at radius 1 is 0.968 bits per heavy atom. The minimum Gasteiger partial charge on any atom is -0.308 e. The molecule has 0 radical (unpaired) electrons.